The van der Waals surface area contributed by atoms with E-state index in [1.54, 1.807) is 17.0 Å². The van der Waals surface area contributed by atoms with Gasteiger partial charge in [0.2, 0.25) is 0 Å². The Morgan fingerprint density at radius 2 is 1.90 bits per heavy atom. The minimum Gasteiger partial charge on any atom is -0.352 e. The number of nitrogens with zero attached hydrogens (tertiary/aromatic N) is 2. The van der Waals surface area contributed by atoms with Gasteiger partial charge in [-0.2, -0.15) is 0 Å². The van der Waals surface area contributed by atoms with Crippen molar-refractivity contribution < 1.29 is 14.4 Å². The van der Waals surface area contributed by atoms with E-state index in [-0.39, 0.29) is 36.2 Å². The van der Waals surface area contributed by atoms with Crippen molar-refractivity contribution in [3.63, 3.8) is 0 Å². The van der Waals surface area contributed by atoms with Gasteiger partial charge in [0.15, 0.2) is 0 Å². The number of fused-ring (bicyclic) bond motifs is 1. The van der Waals surface area contributed by atoms with E-state index in [0.717, 1.165) is 36.4 Å². The van der Waals surface area contributed by atoms with E-state index in [0.29, 0.717) is 31.6 Å². The van der Waals surface area contributed by atoms with Gasteiger partial charge in [0.1, 0.15) is 5.78 Å². The van der Waals surface area contributed by atoms with Crippen LogP contribution in [0.3, 0.4) is 0 Å². The molecule has 162 valence electrons. The molecule has 1 aromatic carbocycles. The van der Waals surface area contributed by atoms with Crippen molar-refractivity contribution in [2.24, 2.45) is 11.7 Å². The molecule has 1 aromatic rings. The normalized spacial score (nSPS) is 22.5. The fourth-order valence-corrected chi connectivity index (χ4v) is 4.48. The smallest absolute Gasteiger partial charge is 0.324 e. The fourth-order valence-electron chi connectivity index (χ4n) is 4.48. The number of hydrogen-bond donors (Lipinski definition) is 2. The Bertz CT molecular complexity index is 828. The fraction of sp³-hybridized carbons (Fsp3) is 0.609. The number of piperidine rings is 1. The Morgan fingerprint density at radius 1 is 1.17 bits per heavy atom. The van der Waals surface area contributed by atoms with Crippen LogP contribution in [0.2, 0.25) is 0 Å². The minimum atomic E-state index is -0.222. The zero-order chi connectivity index (χ0) is 21.3. The van der Waals surface area contributed by atoms with Crippen LogP contribution in [0.5, 0.6) is 0 Å². The molecule has 3 aliphatic rings. The first kappa shape index (κ1) is 20.8. The summed E-state index contributed by atoms with van der Waals surface area (Å²) in [7, 11) is 0. The molecule has 1 unspecified atom stereocenters. The van der Waals surface area contributed by atoms with E-state index in [9.17, 15) is 14.4 Å². The lowest BCUT2D eigenvalue weighted by atomic mass is 10.0. The van der Waals surface area contributed by atoms with Crippen LogP contribution < -0.4 is 16.0 Å². The second-order valence-corrected chi connectivity index (χ2v) is 9.08. The van der Waals surface area contributed by atoms with Crippen molar-refractivity contribution in [1.29, 1.82) is 0 Å². The van der Waals surface area contributed by atoms with Gasteiger partial charge in [0.25, 0.3) is 5.91 Å². The van der Waals surface area contributed by atoms with Crippen LogP contribution >= 0.6 is 0 Å². The predicted octanol–water partition coefficient (Wildman–Crippen LogP) is 2.47. The molecule has 7 heteroatoms. The topological polar surface area (TPSA) is 95.7 Å². The van der Waals surface area contributed by atoms with Crippen molar-refractivity contribution in [3.8, 4) is 0 Å². The van der Waals surface area contributed by atoms with Crippen LogP contribution in [0, 0.1) is 5.92 Å². The summed E-state index contributed by atoms with van der Waals surface area (Å²) in [5.41, 5.74) is 8.02. The molecule has 1 aliphatic carbocycles. The molecule has 1 saturated heterocycles. The van der Waals surface area contributed by atoms with Crippen LogP contribution in [-0.2, 0) is 11.2 Å². The first-order valence-corrected chi connectivity index (χ1v) is 11.2. The molecule has 2 heterocycles. The molecule has 0 aromatic heterocycles. The molecule has 1 atom stereocenters. The third-order valence-electron chi connectivity index (χ3n) is 6.50. The molecule has 7 nitrogen and oxygen atoms in total. The highest BCUT2D eigenvalue weighted by Gasteiger charge is 2.34. The molecule has 0 radical (unpaired) electrons. The quantitative estimate of drug-likeness (QED) is 0.794. The lowest BCUT2D eigenvalue weighted by Gasteiger charge is -2.37. The maximum absolute atomic E-state index is 13.3. The number of likely N-dealkylation sites (tertiary alicyclic amines) is 1. The van der Waals surface area contributed by atoms with E-state index in [1.807, 2.05) is 17.9 Å². The van der Waals surface area contributed by atoms with E-state index in [2.05, 4.69) is 5.32 Å². The van der Waals surface area contributed by atoms with Crippen molar-refractivity contribution in [2.75, 3.05) is 24.5 Å². The van der Waals surface area contributed by atoms with E-state index >= 15 is 0 Å². The van der Waals surface area contributed by atoms with Crippen LogP contribution in [-0.4, -0.2) is 54.3 Å². The Morgan fingerprint density at radius 3 is 2.60 bits per heavy atom. The monoisotopic (exact) mass is 412 g/mol. The number of rotatable bonds is 4. The number of Topliss-reactive ketones (excluding diaryl/α,β-unsaturated/α-hetero) is 1. The molecule has 0 spiro atoms. The van der Waals surface area contributed by atoms with Crippen molar-refractivity contribution in [3.05, 3.63) is 29.3 Å². The first-order valence-electron chi connectivity index (χ1n) is 11.2. The molecule has 1 saturated carbocycles. The van der Waals surface area contributed by atoms with Gasteiger partial charge in [0.05, 0.1) is 0 Å². The number of urea groups is 1. The summed E-state index contributed by atoms with van der Waals surface area (Å²) in [6.45, 7) is 3.86. The average Bonchev–Trinajstić information content (AvgIpc) is 3.54. The minimum absolute atomic E-state index is 0.0769. The lowest BCUT2D eigenvalue weighted by Crippen LogP contribution is -2.51. The number of carbonyl (C=O) groups excluding carboxylic acids is 3. The third-order valence-corrected chi connectivity index (χ3v) is 6.50. The maximum Gasteiger partial charge on any atom is 0.324 e. The van der Waals surface area contributed by atoms with Gasteiger partial charge in [0, 0.05) is 55.8 Å². The molecule has 30 heavy (non-hydrogen) atoms. The molecular weight excluding hydrogens is 380 g/mol. The average molecular weight is 413 g/mol. The van der Waals surface area contributed by atoms with E-state index in [4.69, 9.17) is 5.73 Å². The number of nitrogens with one attached hydrogen (secondary N) is 1. The van der Waals surface area contributed by atoms with Gasteiger partial charge in [-0.15, -0.1) is 0 Å². The molecule has 4 rings (SSSR count). The van der Waals surface area contributed by atoms with E-state index < -0.39 is 0 Å². The van der Waals surface area contributed by atoms with Gasteiger partial charge >= 0.3 is 6.03 Å². The number of carbonyl (C=O) groups is 3. The van der Waals surface area contributed by atoms with Gasteiger partial charge in [-0.3, -0.25) is 14.5 Å². The summed E-state index contributed by atoms with van der Waals surface area (Å²) in [5, 5.41) is 2.98. The molecule has 3 N–H and O–H groups in total. The SMILES string of the molecule is CC1CC(=O)Cc2cc(C(=O)NCCC3CC3)ccc2N1C(=O)N1CCC(N)CC1. The number of nitrogens with two attached hydrogens (primary N) is 1. The summed E-state index contributed by atoms with van der Waals surface area (Å²) in [6.07, 6.45) is 5.70. The van der Waals surface area contributed by atoms with Crippen molar-refractivity contribution in [1.82, 2.24) is 10.2 Å². The second kappa shape index (κ2) is 8.76. The highest BCUT2D eigenvalue weighted by molar-refractivity contribution is 6.00. The van der Waals surface area contributed by atoms with Gasteiger partial charge in [-0.05, 0) is 55.9 Å². The van der Waals surface area contributed by atoms with E-state index in [1.165, 1.54) is 12.8 Å². The number of amides is 3. The summed E-state index contributed by atoms with van der Waals surface area (Å²) >= 11 is 0. The Balaban J connectivity index is 1.54. The van der Waals surface area contributed by atoms with Crippen LogP contribution in [0.25, 0.3) is 0 Å². The van der Waals surface area contributed by atoms with Crippen molar-refractivity contribution >= 4 is 23.4 Å². The first-order chi connectivity index (χ1) is 14.4. The number of hydrogen-bond acceptors (Lipinski definition) is 4. The Kier molecular flexibility index (Phi) is 6.09. The van der Waals surface area contributed by atoms with Crippen LogP contribution in [0.1, 0.15) is 61.4 Å². The van der Waals surface area contributed by atoms with Gasteiger partial charge < -0.3 is 16.0 Å². The summed E-state index contributed by atoms with van der Waals surface area (Å²) in [6, 6.07) is 5.22. The van der Waals surface area contributed by atoms with Gasteiger partial charge in [-0.1, -0.05) is 12.8 Å². The number of ketones is 1. The second-order valence-electron chi connectivity index (χ2n) is 9.08. The summed E-state index contributed by atoms with van der Waals surface area (Å²) < 4.78 is 0. The van der Waals surface area contributed by atoms with Crippen LogP contribution in [0.15, 0.2) is 18.2 Å². The van der Waals surface area contributed by atoms with Crippen LogP contribution in [0.4, 0.5) is 10.5 Å². The molecule has 3 amide bonds. The van der Waals surface area contributed by atoms with Gasteiger partial charge in [-0.25, -0.2) is 4.79 Å². The summed E-state index contributed by atoms with van der Waals surface area (Å²) in [4.78, 5) is 42.0. The zero-order valence-corrected chi connectivity index (χ0v) is 17.7. The molecular formula is C23H32N4O3. The highest BCUT2D eigenvalue weighted by Crippen LogP contribution is 2.32. The predicted molar refractivity (Wildman–Crippen MR) is 116 cm³/mol. The highest BCUT2D eigenvalue weighted by atomic mass is 16.2. The summed E-state index contributed by atoms with van der Waals surface area (Å²) in [5.74, 6) is 0.734. The molecule has 2 fully saturated rings. The largest absolute Gasteiger partial charge is 0.352 e. The maximum atomic E-state index is 13.3. The lowest BCUT2D eigenvalue weighted by molar-refractivity contribution is -0.118. The number of anilines is 1. The third kappa shape index (κ3) is 4.67. The Hall–Kier alpha value is -2.41. The Labute approximate surface area is 178 Å². The molecule has 0 bridgehead atoms. The zero-order valence-electron chi connectivity index (χ0n) is 17.7. The standard InChI is InChI=1S/C23H32N4O3/c1-15-12-20(28)14-18-13-17(22(29)25-9-6-16-2-3-16)4-5-21(18)27(15)23(30)26-10-7-19(24)8-11-26/h4-5,13,15-16,19H,2-3,6-12,14,24H2,1H3,(H,25,29). The van der Waals surface area contributed by atoms with Crippen molar-refractivity contribution in [2.45, 2.75) is 64.0 Å². The molecule has 2 aliphatic heterocycles. The number of benzene rings is 1.